The minimum Gasteiger partial charge on any atom is -0.342 e. The third kappa shape index (κ3) is 6.00. The predicted octanol–water partition coefficient (Wildman–Crippen LogP) is 3.00. The molecule has 0 saturated carbocycles. The van der Waals surface area contributed by atoms with Crippen LogP contribution in [0.3, 0.4) is 0 Å². The first kappa shape index (κ1) is 24.3. The van der Waals surface area contributed by atoms with Crippen LogP contribution in [-0.4, -0.2) is 96.2 Å². The van der Waals surface area contributed by atoms with Gasteiger partial charge in [-0.25, -0.2) is 0 Å². The largest absolute Gasteiger partial charge is 0.342 e. The molecule has 0 aromatic heterocycles. The van der Waals surface area contributed by atoms with Gasteiger partial charge in [0.05, 0.1) is 22.5 Å². The number of likely N-dealkylation sites (tertiary alicyclic amines) is 2. The molecule has 3 saturated heterocycles. The quantitative estimate of drug-likeness (QED) is 0.645. The fourth-order valence-corrected chi connectivity index (χ4v) is 5.29. The first-order chi connectivity index (χ1) is 15.9. The minimum atomic E-state index is -0.188. The highest BCUT2D eigenvalue weighted by molar-refractivity contribution is 6.42. The summed E-state index contributed by atoms with van der Waals surface area (Å²) in [5.41, 5.74) is 0.490. The van der Waals surface area contributed by atoms with E-state index in [1.54, 1.807) is 23.1 Å². The molecular weight excluding hydrogens is 463 g/mol. The monoisotopic (exact) mass is 494 g/mol. The van der Waals surface area contributed by atoms with Crippen LogP contribution in [-0.2, 0) is 9.59 Å². The molecule has 3 amide bonds. The molecule has 1 unspecified atom stereocenters. The van der Waals surface area contributed by atoms with Crippen molar-refractivity contribution in [2.75, 3.05) is 58.9 Å². The lowest BCUT2D eigenvalue weighted by molar-refractivity contribution is -0.139. The van der Waals surface area contributed by atoms with Gasteiger partial charge in [0, 0.05) is 57.9 Å². The molecule has 7 nitrogen and oxygen atoms in total. The molecule has 3 aliphatic heterocycles. The number of halogens is 2. The molecule has 0 bridgehead atoms. The Bertz CT molecular complexity index is 882. The van der Waals surface area contributed by atoms with Crippen molar-refractivity contribution >= 4 is 40.9 Å². The molecule has 0 radical (unpaired) electrons. The zero-order chi connectivity index (χ0) is 23.4. The van der Waals surface area contributed by atoms with Gasteiger partial charge in [-0.2, -0.15) is 0 Å². The number of piperazine rings is 1. The lowest BCUT2D eigenvalue weighted by atomic mass is 9.95. The molecule has 0 spiro atoms. The highest BCUT2D eigenvalue weighted by Crippen LogP contribution is 2.26. The molecular formula is C24H32Cl2N4O3. The Kier molecular flexibility index (Phi) is 8.15. The van der Waals surface area contributed by atoms with E-state index in [4.69, 9.17) is 23.2 Å². The third-order valence-electron chi connectivity index (χ3n) is 6.98. The summed E-state index contributed by atoms with van der Waals surface area (Å²) in [7, 11) is 0. The number of hydrogen-bond donors (Lipinski definition) is 0. The second-order valence-electron chi connectivity index (χ2n) is 9.26. The number of benzene rings is 1. The van der Waals surface area contributed by atoms with Crippen LogP contribution in [0, 0.1) is 5.92 Å². The Labute approximate surface area is 205 Å². The number of piperidine rings is 2. The summed E-state index contributed by atoms with van der Waals surface area (Å²) in [5, 5.41) is 0.764. The number of carbonyl (C=O) groups is 3. The van der Waals surface area contributed by atoms with E-state index in [9.17, 15) is 14.4 Å². The highest BCUT2D eigenvalue weighted by Gasteiger charge is 2.33. The van der Waals surface area contributed by atoms with E-state index in [0.29, 0.717) is 61.4 Å². The van der Waals surface area contributed by atoms with Crippen LogP contribution in [0.4, 0.5) is 0 Å². The van der Waals surface area contributed by atoms with Gasteiger partial charge in [0.15, 0.2) is 0 Å². The van der Waals surface area contributed by atoms with E-state index < -0.39 is 0 Å². The van der Waals surface area contributed by atoms with E-state index in [1.165, 1.54) is 6.42 Å². The van der Waals surface area contributed by atoms with Gasteiger partial charge in [0.1, 0.15) is 0 Å². The van der Waals surface area contributed by atoms with Gasteiger partial charge >= 0.3 is 0 Å². The van der Waals surface area contributed by atoms with E-state index in [0.717, 1.165) is 38.8 Å². The summed E-state index contributed by atoms with van der Waals surface area (Å²) >= 11 is 12.0. The van der Waals surface area contributed by atoms with Gasteiger partial charge in [-0.05, 0) is 50.3 Å². The second-order valence-corrected chi connectivity index (χ2v) is 10.1. The van der Waals surface area contributed by atoms with Crippen molar-refractivity contribution in [1.82, 2.24) is 19.6 Å². The van der Waals surface area contributed by atoms with Gasteiger partial charge in [0.2, 0.25) is 11.8 Å². The number of carbonyl (C=O) groups excluding carboxylic acids is 3. The zero-order valence-electron chi connectivity index (χ0n) is 19.0. The second kappa shape index (κ2) is 11.1. The Hall–Kier alpha value is -1.83. The predicted molar refractivity (Wildman–Crippen MR) is 129 cm³/mol. The van der Waals surface area contributed by atoms with Crippen molar-refractivity contribution in [3.63, 3.8) is 0 Å². The molecule has 9 heteroatoms. The molecule has 3 heterocycles. The Morgan fingerprint density at radius 3 is 2.18 bits per heavy atom. The van der Waals surface area contributed by atoms with E-state index >= 15 is 0 Å². The molecule has 1 atom stereocenters. The van der Waals surface area contributed by atoms with E-state index in [-0.39, 0.29) is 23.6 Å². The molecule has 0 aliphatic carbocycles. The van der Waals surface area contributed by atoms with Crippen molar-refractivity contribution < 1.29 is 14.4 Å². The summed E-state index contributed by atoms with van der Waals surface area (Å²) in [6, 6.07) is 4.88. The highest BCUT2D eigenvalue weighted by atomic mass is 35.5. The zero-order valence-corrected chi connectivity index (χ0v) is 20.5. The van der Waals surface area contributed by atoms with Crippen LogP contribution in [0.5, 0.6) is 0 Å². The van der Waals surface area contributed by atoms with Crippen LogP contribution >= 0.6 is 23.2 Å². The fraction of sp³-hybridized carbons (Fsp3) is 0.625. The normalized spacial score (nSPS) is 22.4. The summed E-state index contributed by atoms with van der Waals surface area (Å²) < 4.78 is 0. The molecule has 3 fully saturated rings. The maximum Gasteiger partial charge on any atom is 0.253 e. The van der Waals surface area contributed by atoms with Crippen LogP contribution in [0.25, 0.3) is 0 Å². The number of rotatable bonds is 4. The molecule has 33 heavy (non-hydrogen) atoms. The number of amides is 3. The van der Waals surface area contributed by atoms with Crippen LogP contribution in [0.2, 0.25) is 10.0 Å². The number of nitrogens with zero attached hydrogens (tertiary/aromatic N) is 4. The standard InChI is InChI=1S/C24H32Cl2N4O3/c25-20-7-6-18(15-21(20)26)23(32)30-10-4-5-19(16-30)24(33)29-13-11-27(12-14-29)17-22(31)28-8-2-1-3-9-28/h6-7,15,19H,1-5,8-14,16-17H2. The third-order valence-corrected chi connectivity index (χ3v) is 7.72. The van der Waals surface area contributed by atoms with Crippen molar-refractivity contribution in [3.8, 4) is 0 Å². The maximum atomic E-state index is 13.2. The molecule has 1 aromatic carbocycles. The summed E-state index contributed by atoms with van der Waals surface area (Å²) in [6.45, 7) is 5.92. The topological polar surface area (TPSA) is 64.2 Å². The van der Waals surface area contributed by atoms with E-state index in [1.807, 2.05) is 9.80 Å². The molecule has 4 rings (SSSR count). The Morgan fingerprint density at radius 2 is 1.48 bits per heavy atom. The Morgan fingerprint density at radius 1 is 0.788 bits per heavy atom. The van der Waals surface area contributed by atoms with Crippen LogP contribution < -0.4 is 0 Å². The van der Waals surface area contributed by atoms with Crippen LogP contribution in [0.1, 0.15) is 42.5 Å². The smallest absolute Gasteiger partial charge is 0.253 e. The summed E-state index contributed by atoms with van der Waals surface area (Å²) in [5.74, 6) is 0.0148. The number of hydrogen-bond acceptors (Lipinski definition) is 4. The first-order valence-corrected chi connectivity index (χ1v) is 12.7. The first-order valence-electron chi connectivity index (χ1n) is 12.0. The maximum absolute atomic E-state index is 13.2. The molecule has 1 aromatic rings. The average molecular weight is 495 g/mol. The Balaban J connectivity index is 1.27. The fourth-order valence-electron chi connectivity index (χ4n) is 4.99. The van der Waals surface area contributed by atoms with Crippen molar-refractivity contribution in [2.45, 2.75) is 32.1 Å². The van der Waals surface area contributed by atoms with Gasteiger partial charge in [-0.1, -0.05) is 23.2 Å². The van der Waals surface area contributed by atoms with Gasteiger partial charge in [-0.15, -0.1) is 0 Å². The van der Waals surface area contributed by atoms with Gasteiger partial charge in [0.25, 0.3) is 5.91 Å². The SMILES string of the molecule is O=C(CN1CCN(C(=O)C2CCCN(C(=O)c3ccc(Cl)c(Cl)c3)C2)CC1)N1CCCCC1. The van der Waals surface area contributed by atoms with Gasteiger partial charge in [-0.3, -0.25) is 19.3 Å². The molecule has 0 N–H and O–H groups in total. The molecule has 180 valence electrons. The van der Waals surface area contributed by atoms with E-state index in [2.05, 4.69) is 4.90 Å². The van der Waals surface area contributed by atoms with Crippen LogP contribution in [0.15, 0.2) is 18.2 Å². The van der Waals surface area contributed by atoms with Crippen molar-refractivity contribution in [3.05, 3.63) is 33.8 Å². The summed E-state index contributed by atoms with van der Waals surface area (Å²) in [6.07, 6.45) is 4.99. The minimum absolute atomic E-state index is 0.114. The summed E-state index contributed by atoms with van der Waals surface area (Å²) in [4.78, 5) is 46.4. The average Bonchev–Trinajstić information content (AvgIpc) is 2.86. The lowest BCUT2D eigenvalue weighted by Crippen LogP contribution is -2.54. The van der Waals surface area contributed by atoms with Gasteiger partial charge < -0.3 is 14.7 Å². The van der Waals surface area contributed by atoms with Crippen molar-refractivity contribution in [2.24, 2.45) is 5.92 Å². The molecule has 3 aliphatic rings. The van der Waals surface area contributed by atoms with Crippen molar-refractivity contribution in [1.29, 1.82) is 0 Å². The lowest BCUT2D eigenvalue weighted by Gasteiger charge is -2.39.